The first-order valence-corrected chi connectivity index (χ1v) is 7.12. The number of hydrogen-bond acceptors (Lipinski definition) is 1. The molecule has 1 atom stereocenters. The molecule has 0 saturated heterocycles. The summed E-state index contributed by atoms with van der Waals surface area (Å²) in [7, 11) is 1.74. The summed E-state index contributed by atoms with van der Waals surface area (Å²) in [5.41, 5.74) is 2.57. The Kier molecular flexibility index (Phi) is 4.55. The molecule has 0 aliphatic heterocycles. The van der Waals surface area contributed by atoms with Crippen molar-refractivity contribution in [2.75, 3.05) is 7.05 Å². The van der Waals surface area contributed by atoms with Crippen LogP contribution < -0.4 is 5.32 Å². The average Bonchev–Trinajstić information content (AvgIpc) is 2.40. The van der Waals surface area contributed by atoms with Crippen molar-refractivity contribution in [2.24, 2.45) is 0 Å². The van der Waals surface area contributed by atoms with Crippen LogP contribution in [0.15, 0.2) is 34.8 Å². The molecule has 0 aromatic heterocycles. The molecule has 0 radical (unpaired) electrons. The second-order valence-electron chi connectivity index (χ2n) is 4.85. The Morgan fingerprint density at radius 2 is 1.65 bits per heavy atom. The molecule has 0 heterocycles. The van der Waals surface area contributed by atoms with E-state index in [4.69, 9.17) is 0 Å². The Hall–Kier alpha value is -1.26. The van der Waals surface area contributed by atoms with Crippen LogP contribution in [0.3, 0.4) is 0 Å². The molecule has 2 rings (SSSR count). The highest BCUT2D eigenvalue weighted by molar-refractivity contribution is 9.10. The highest BCUT2D eigenvalue weighted by Crippen LogP contribution is 2.30. The van der Waals surface area contributed by atoms with Crippen LogP contribution >= 0.6 is 15.9 Å². The summed E-state index contributed by atoms with van der Waals surface area (Å²) in [6.07, 6.45) is 0. The fourth-order valence-electron chi connectivity index (χ4n) is 2.28. The van der Waals surface area contributed by atoms with Crippen LogP contribution in [0.1, 0.15) is 28.3 Å². The molecule has 0 aliphatic carbocycles. The molecule has 4 heteroatoms. The molecule has 2 aromatic carbocycles. The molecule has 1 nitrogen and oxygen atoms in total. The van der Waals surface area contributed by atoms with Crippen molar-refractivity contribution in [1.29, 1.82) is 0 Å². The predicted molar refractivity (Wildman–Crippen MR) is 80.9 cm³/mol. The van der Waals surface area contributed by atoms with E-state index in [0.717, 1.165) is 15.6 Å². The minimum atomic E-state index is -0.400. The Morgan fingerprint density at radius 1 is 0.950 bits per heavy atom. The van der Waals surface area contributed by atoms with Gasteiger partial charge in [0, 0.05) is 10.0 Å². The summed E-state index contributed by atoms with van der Waals surface area (Å²) < 4.78 is 28.8. The lowest BCUT2D eigenvalue weighted by molar-refractivity contribution is 0.553. The molecule has 0 aliphatic rings. The maximum absolute atomic E-state index is 14.2. The van der Waals surface area contributed by atoms with Gasteiger partial charge in [0.25, 0.3) is 0 Å². The highest BCUT2D eigenvalue weighted by Gasteiger charge is 2.20. The van der Waals surface area contributed by atoms with E-state index < -0.39 is 11.6 Å². The number of benzene rings is 2. The van der Waals surface area contributed by atoms with Gasteiger partial charge in [0.05, 0.1) is 6.04 Å². The fraction of sp³-hybridized carbons (Fsp3) is 0.250. The third-order valence-corrected chi connectivity index (χ3v) is 3.92. The Bertz CT molecular complexity index is 641. The molecule has 1 N–H and O–H groups in total. The molecule has 0 bridgehead atoms. The van der Waals surface area contributed by atoms with Gasteiger partial charge in [-0.1, -0.05) is 22.0 Å². The van der Waals surface area contributed by atoms with Gasteiger partial charge < -0.3 is 5.32 Å². The van der Waals surface area contributed by atoms with Gasteiger partial charge in [-0.25, -0.2) is 8.78 Å². The molecule has 0 fully saturated rings. The number of nitrogens with one attached hydrogen (secondary N) is 1. The van der Waals surface area contributed by atoms with E-state index in [0.29, 0.717) is 11.1 Å². The largest absolute Gasteiger partial charge is 0.309 e. The topological polar surface area (TPSA) is 12.0 Å². The van der Waals surface area contributed by atoms with E-state index in [1.54, 1.807) is 14.0 Å². The molecular formula is C16H16BrF2N. The van der Waals surface area contributed by atoms with Crippen molar-refractivity contribution in [3.63, 3.8) is 0 Å². The van der Waals surface area contributed by atoms with Crippen LogP contribution in [0.2, 0.25) is 0 Å². The smallest absolute Gasteiger partial charge is 0.128 e. The van der Waals surface area contributed by atoms with Crippen molar-refractivity contribution in [1.82, 2.24) is 5.32 Å². The van der Waals surface area contributed by atoms with Crippen LogP contribution in [-0.4, -0.2) is 7.05 Å². The van der Waals surface area contributed by atoms with Gasteiger partial charge in [0.1, 0.15) is 11.6 Å². The summed E-state index contributed by atoms with van der Waals surface area (Å²) in [4.78, 5) is 0. The quantitative estimate of drug-likeness (QED) is 0.857. The molecule has 0 amide bonds. The normalized spacial score (nSPS) is 12.5. The summed E-state index contributed by atoms with van der Waals surface area (Å²) in [6, 6.07) is 7.93. The first-order chi connectivity index (χ1) is 9.43. The first kappa shape index (κ1) is 15.1. The lowest BCUT2D eigenvalue weighted by Crippen LogP contribution is -2.20. The molecule has 1 unspecified atom stereocenters. The molecule has 0 saturated carbocycles. The van der Waals surface area contributed by atoms with E-state index in [-0.39, 0.29) is 6.04 Å². The highest BCUT2D eigenvalue weighted by atomic mass is 79.9. The van der Waals surface area contributed by atoms with Crippen molar-refractivity contribution in [3.05, 3.63) is 68.7 Å². The summed E-state index contributed by atoms with van der Waals surface area (Å²) in [6.45, 7) is 3.51. The molecular weight excluding hydrogens is 324 g/mol. The van der Waals surface area contributed by atoms with Gasteiger partial charge >= 0.3 is 0 Å². The van der Waals surface area contributed by atoms with Gasteiger partial charge in [-0.05, 0) is 61.9 Å². The number of hydrogen-bond donors (Lipinski definition) is 1. The van der Waals surface area contributed by atoms with Crippen LogP contribution in [0.4, 0.5) is 8.78 Å². The van der Waals surface area contributed by atoms with E-state index in [1.807, 2.05) is 25.1 Å². The van der Waals surface area contributed by atoms with E-state index in [2.05, 4.69) is 21.2 Å². The van der Waals surface area contributed by atoms with Crippen LogP contribution in [0, 0.1) is 25.5 Å². The standard InChI is InChI=1S/C16H16BrF2N/c1-9-4-5-11(17)7-12(9)16(20-3)13-8-14(18)10(2)6-15(13)19/h4-8,16,20H,1-3H3. The van der Waals surface area contributed by atoms with Gasteiger partial charge in [0.15, 0.2) is 0 Å². The summed E-state index contributed by atoms with van der Waals surface area (Å²) in [5, 5.41) is 3.06. The lowest BCUT2D eigenvalue weighted by Gasteiger charge is -2.21. The molecule has 106 valence electrons. The second-order valence-corrected chi connectivity index (χ2v) is 5.76. The van der Waals surface area contributed by atoms with Gasteiger partial charge in [0.2, 0.25) is 0 Å². The third kappa shape index (κ3) is 2.91. The molecule has 2 aromatic rings. The molecule has 0 spiro atoms. The Labute approximate surface area is 126 Å². The van der Waals surface area contributed by atoms with Crippen molar-refractivity contribution >= 4 is 15.9 Å². The van der Waals surface area contributed by atoms with E-state index in [1.165, 1.54) is 12.1 Å². The zero-order chi connectivity index (χ0) is 14.9. The van der Waals surface area contributed by atoms with Crippen LogP contribution in [0.5, 0.6) is 0 Å². The Morgan fingerprint density at radius 3 is 2.30 bits per heavy atom. The zero-order valence-corrected chi connectivity index (χ0v) is 13.2. The monoisotopic (exact) mass is 339 g/mol. The fourth-order valence-corrected chi connectivity index (χ4v) is 2.66. The van der Waals surface area contributed by atoms with Gasteiger partial charge in [-0.3, -0.25) is 0 Å². The summed E-state index contributed by atoms with van der Waals surface area (Å²) >= 11 is 3.42. The van der Waals surface area contributed by atoms with Crippen LogP contribution in [0.25, 0.3) is 0 Å². The van der Waals surface area contributed by atoms with E-state index in [9.17, 15) is 8.78 Å². The van der Waals surface area contributed by atoms with Crippen LogP contribution in [-0.2, 0) is 0 Å². The third-order valence-electron chi connectivity index (χ3n) is 3.43. The Balaban J connectivity index is 2.58. The van der Waals surface area contributed by atoms with Gasteiger partial charge in [-0.2, -0.15) is 0 Å². The number of halogens is 3. The maximum Gasteiger partial charge on any atom is 0.128 e. The minimum absolute atomic E-state index is 0.312. The summed E-state index contributed by atoms with van der Waals surface area (Å²) in [5.74, 6) is -0.795. The zero-order valence-electron chi connectivity index (χ0n) is 11.6. The minimum Gasteiger partial charge on any atom is -0.309 e. The van der Waals surface area contributed by atoms with Gasteiger partial charge in [-0.15, -0.1) is 0 Å². The first-order valence-electron chi connectivity index (χ1n) is 6.33. The number of aryl methyl sites for hydroxylation is 2. The van der Waals surface area contributed by atoms with Crippen molar-refractivity contribution < 1.29 is 8.78 Å². The average molecular weight is 340 g/mol. The van der Waals surface area contributed by atoms with Crippen molar-refractivity contribution in [2.45, 2.75) is 19.9 Å². The molecule has 20 heavy (non-hydrogen) atoms. The van der Waals surface area contributed by atoms with Crippen molar-refractivity contribution in [3.8, 4) is 0 Å². The maximum atomic E-state index is 14.2. The number of rotatable bonds is 3. The predicted octanol–water partition coefficient (Wildman–Crippen LogP) is 4.65. The van der Waals surface area contributed by atoms with E-state index >= 15 is 0 Å². The lowest BCUT2D eigenvalue weighted by atomic mass is 9.94. The SMILES string of the molecule is CNC(c1cc(Br)ccc1C)c1cc(F)c(C)cc1F. The second kappa shape index (κ2) is 6.02.